The Labute approximate surface area is 105 Å². The highest BCUT2D eigenvalue weighted by molar-refractivity contribution is 5.98. The van der Waals surface area contributed by atoms with Crippen LogP contribution in [0.15, 0.2) is 12.3 Å². The second kappa shape index (κ2) is 5.95. The molecule has 1 aromatic rings. The molecule has 2 N–H and O–H groups in total. The van der Waals surface area contributed by atoms with Crippen LogP contribution in [-0.2, 0) is 0 Å². The third-order valence-electron chi connectivity index (χ3n) is 2.54. The molecule has 1 rings (SSSR count). The number of hydrogen-bond acceptors (Lipinski definition) is 5. The number of amides is 1. The van der Waals surface area contributed by atoms with Crippen LogP contribution in [0.2, 0.25) is 0 Å². The minimum absolute atomic E-state index is 0.00829. The van der Waals surface area contributed by atoms with Crippen LogP contribution in [0.3, 0.4) is 0 Å². The number of anilines is 1. The smallest absolute Gasteiger partial charge is 0.288 e. The molecule has 0 aliphatic heterocycles. The minimum Gasteiger partial charge on any atom is -0.383 e. The van der Waals surface area contributed by atoms with Crippen molar-refractivity contribution in [3.8, 4) is 0 Å². The second-order valence-corrected chi connectivity index (χ2v) is 3.96. The van der Waals surface area contributed by atoms with Crippen molar-refractivity contribution in [2.24, 2.45) is 0 Å². The number of nitro groups is 1. The quantitative estimate of drug-likeness (QED) is 0.631. The van der Waals surface area contributed by atoms with E-state index in [4.69, 9.17) is 5.73 Å². The van der Waals surface area contributed by atoms with Gasteiger partial charge in [-0.2, -0.15) is 0 Å². The van der Waals surface area contributed by atoms with E-state index in [0.717, 1.165) is 25.1 Å². The Hall–Kier alpha value is -2.18. The Morgan fingerprint density at radius 1 is 1.61 bits per heavy atom. The molecule has 0 aliphatic carbocycles. The summed E-state index contributed by atoms with van der Waals surface area (Å²) in [6, 6.07) is 1.16. The highest BCUT2D eigenvalue weighted by Gasteiger charge is 2.19. The molecule has 0 bridgehead atoms. The zero-order valence-corrected chi connectivity index (χ0v) is 10.4. The van der Waals surface area contributed by atoms with Gasteiger partial charge in [-0.3, -0.25) is 14.9 Å². The van der Waals surface area contributed by atoms with Gasteiger partial charge in [0.25, 0.3) is 11.6 Å². The van der Waals surface area contributed by atoms with E-state index >= 15 is 0 Å². The SMILES string of the molecule is CCCCN(C)C(=O)c1cc([N+](=O)[O-])cnc1N. The average Bonchev–Trinajstić information content (AvgIpc) is 2.35. The van der Waals surface area contributed by atoms with Crippen LogP contribution < -0.4 is 5.73 Å². The van der Waals surface area contributed by atoms with Gasteiger partial charge in [-0.25, -0.2) is 4.98 Å². The Morgan fingerprint density at radius 2 is 2.28 bits per heavy atom. The molecule has 0 radical (unpaired) electrons. The third kappa shape index (κ3) is 3.16. The first-order valence-electron chi connectivity index (χ1n) is 5.62. The van der Waals surface area contributed by atoms with Crippen molar-refractivity contribution in [1.82, 2.24) is 9.88 Å². The molecule has 0 aromatic carbocycles. The Kier molecular flexibility index (Phi) is 4.59. The summed E-state index contributed by atoms with van der Waals surface area (Å²) >= 11 is 0. The molecule has 1 aromatic heterocycles. The monoisotopic (exact) mass is 252 g/mol. The summed E-state index contributed by atoms with van der Waals surface area (Å²) in [7, 11) is 1.64. The van der Waals surface area contributed by atoms with E-state index in [2.05, 4.69) is 4.98 Å². The van der Waals surface area contributed by atoms with E-state index in [1.807, 2.05) is 6.92 Å². The van der Waals surface area contributed by atoms with Gasteiger partial charge in [0, 0.05) is 19.7 Å². The average molecular weight is 252 g/mol. The van der Waals surface area contributed by atoms with Crippen LogP contribution in [0, 0.1) is 10.1 Å². The molecular formula is C11H16N4O3. The van der Waals surface area contributed by atoms with Crippen molar-refractivity contribution in [1.29, 1.82) is 0 Å². The summed E-state index contributed by atoms with van der Waals surface area (Å²) in [5, 5.41) is 10.6. The predicted molar refractivity (Wildman–Crippen MR) is 67.2 cm³/mol. The van der Waals surface area contributed by atoms with E-state index in [-0.39, 0.29) is 23.0 Å². The maximum Gasteiger partial charge on any atom is 0.288 e. The summed E-state index contributed by atoms with van der Waals surface area (Å²) in [6.07, 6.45) is 2.86. The first-order valence-corrected chi connectivity index (χ1v) is 5.62. The molecule has 18 heavy (non-hydrogen) atoms. The number of hydrogen-bond donors (Lipinski definition) is 1. The number of nitrogen functional groups attached to an aromatic ring is 1. The lowest BCUT2D eigenvalue weighted by molar-refractivity contribution is -0.385. The molecule has 7 nitrogen and oxygen atoms in total. The molecule has 98 valence electrons. The zero-order chi connectivity index (χ0) is 13.7. The fourth-order valence-electron chi connectivity index (χ4n) is 1.44. The van der Waals surface area contributed by atoms with Crippen molar-refractivity contribution in [3.05, 3.63) is 27.9 Å². The van der Waals surface area contributed by atoms with E-state index in [1.54, 1.807) is 7.05 Å². The molecular weight excluding hydrogens is 236 g/mol. The number of carbonyl (C=O) groups is 1. The number of nitrogens with two attached hydrogens (primary N) is 1. The van der Waals surface area contributed by atoms with Crippen LogP contribution in [-0.4, -0.2) is 34.3 Å². The van der Waals surface area contributed by atoms with Gasteiger partial charge >= 0.3 is 0 Å². The lowest BCUT2D eigenvalue weighted by atomic mass is 10.2. The first kappa shape index (κ1) is 13.9. The maximum absolute atomic E-state index is 12.0. The van der Waals surface area contributed by atoms with Gasteiger partial charge in [-0.05, 0) is 6.42 Å². The highest BCUT2D eigenvalue weighted by Crippen LogP contribution is 2.18. The lowest BCUT2D eigenvalue weighted by Crippen LogP contribution is -2.28. The van der Waals surface area contributed by atoms with Gasteiger partial charge in [0.2, 0.25) is 0 Å². The molecule has 7 heteroatoms. The van der Waals surface area contributed by atoms with E-state index in [9.17, 15) is 14.9 Å². The molecule has 0 unspecified atom stereocenters. The molecule has 0 aliphatic rings. The number of aromatic nitrogens is 1. The van der Waals surface area contributed by atoms with Gasteiger partial charge in [-0.1, -0.05) is 13.3 Å². The van der Waals surface area contributed by atoms with E-state index in [0.29, 0.717) is 6.54 Å². The fraction of sp³-hybridized carbons (Fsp3) is 0.455. The second-order valence-electron chi connectivity index (χ2n) is 3.96. The van der Waals surface area contributed by atoms with Gasteiger partial charge < -0.3 is 10.6 Å². The number of rotatable bonds is 5. The maximum atomic E-state index is 12.0. The lowest BCUT2D eigenvalue weighted by Gasteiger charge is -2.17. The van der Waals surface area contributed by atoms with Crippen molar-refractivity contribution < 1.29 is 9.72 Å². The summed E-state index contributed by atoms with van der Waals surface area (Å²) in [6.45, 7) is 2.60. The molecule has 0 spiro atoms. The molecule has 0 saturated heterocycles. The first-order chi connectivity index (χ1) is 8.47. The van der Waals surface area contributed by atoms with Crippen LogP contribution in [0.25, 0.3) is 0 Å². The number of unbranched alkanes of at least 4 members (excludes halogenated alkanes) is 1. The minimum atomic E-state index is -0.602. The Balaban J connectivity index is 2.97. The topological polar surface area (TPSA) is 102 Å². The Morgan fingerprint density at radius 3 is 2.83 bits per heavy atom. The van der Waals surface area contributed by atoms with Crippen LogP contribution in [0.1, 0.15) is 30.1 Å². The predicted octanol–water partition coefficient (Wildman–Crippen LogP) is 1.44. The standard InChI is InChI=1S/C11H16N4O3/c1-3-4-5-14(2)11(16)9-6-8(15(17)18)7-13-10(9)12/h6-7H,3-5H2,1-2H3,(H2,12,13). The highest BCUT2D eigenvalue weighted by atomic mass is 16.6. The van der Waals surface area contributed by atoms with Crippen molar-refractivity contribution in [2.45, 2.75) is 19.8 Å². The van der Waals surface area contributed by atoms with Crippen LogP contribution in [0.5, 0.6) is 0 Å². The third-order valence-corrected chi connectivity index (χ3v) is 2.54. The normalized spacial score (nSPS) is 10.1. The molecule has 1 heterocycles. The number of nitrogens with zero attached hydrogens (tertiary/aromatic N) is 3. The largest absolute Gasteiger partial charge is 0.383 e. The summed E-state index contributed by atoms with van der Waals surface area (Å²) in [4.78, 5) is 27.2. The molecule has 1 amide bonds. The summed E-state index contributed by atoms with van der Waals surface area (Å²) in [5.41, 5.74) is 5.41. The van der Waals surface area contributed by atoms with Gasteiger partial charge in [-0.15, -0.1) is 0 Å². The molecule has 0 fully saturated rings. The van der Waals surface area contributed by atoms with E-state index in [1.165, 1.54) is 4.90 Å². The van der Waals surface area contributed by atoms with Crippen molar-refractivity contribution in [3.63, 3.8) is 0 Å². The summed E-state index contributed by atoms with van der Waals surface area (Å²) in [5.74, 6) is -0.342. The van der Waals surface area contributed by atoms with Crippen molar-refractivity contribution in [2.75, 3.05) is 19.3 Å². The fourth-order valence-corrected chi connectivity index (χ4v) is 1.44. The van der Waals surface area contributed by atoms with Gasteiger partial charge in [0.1, 0.15) is 12.0 Å². The number of pyridine rings is 1. The van der Waals surface area contributed by atoms with Crippen LogP contribution in [0.4, 0.5) is 11.5 Å². The number of carbonyl (C=O) groups excluding carboxylic acids is 1. The van der Waals surface area contributed by atoms with Gasteiger partial charge in [0.15, 0.2) is 0 Å². The summed E-state index contributed by atoms with van der Waals surface area (Å²) < 4.78 is 0. The molecule has 0 saturated carbocycles. The Bertz CT molecular complexity index is 462. The van der Waals surface area contributed by atoms with Gasteiger partial charge in [0.05, 0.1) is 10.5 Å². The molecule has 0 atom stereocenters. The van der Waals surface area contributed by atoms with E-state index < -0.39 is 4.92 Å². The zero-order valence-electron chi connectivity index (χ0n) is 10.4. The van der Waals surface area contributed by atoms with Crippen molar-refractivity contribution >= 4 is 17.4 Å². The van der Waals surface area contributed by atoms with Crippen LogP contribution >= 0.6 is 0 Å².